The van der Waals surface area contributed by atoms with Crippen molar-refractivity contribution in [1.29, 1.82) is 0 Å². The van der Waals surface area contributed by atoms with Crippen molar-refractivity contribution < 1.29 is 0 Å². The number of thioether (sulfide) groups is 1. The van der Waals surface area contributed by atoms with Crippen LogP contribution in [-0.2, 0) is 0 Å². The van der Waals surface area contributed by atoms with Crippen LogP contribution < -0.4 is 11.1 Å². The Morgan fingerprint density at radius 1 is 1.35 bits per heavy atom. The normalized spacial score (nSPS) is 17.4. The topological polar surface area (TPSA) is 66.7 Å². The van der Waals surface area contributed by atoms with Crippen LogP contribution in [0.25, 0.3) is 11.0 Å². The van der Waals surface area contributed by atoms with Crippen LogP contribution in [0.4, 0.5) is 11.6 Å². The van der Waals surface area contributed by atoms with Gasteiger partial charge in [0.2, 0.25) is 5.95 Å². The molecule has 1 aliphatic heterocycles. The Bertz CT molecular complexity index is 516. The summed E-state index contributed by atoms with van der Waals surface area (Å²) in [5, 5.41) is 3.47. The SMILES string of the molecule is Nc1ccc2nc(NC3CCSCC3)[nH]c2c1. The van der Waals surface area contributed by atoms with Crippen molar-refractivity contribution in [3.63, 3.8) is 0 Å². The fourth-order valence-electron chi connectivity index (χ4n) is 2.13. The van der Waals surface area contributed by atoms with E-state index in [2.05, 4.69) is 15.3 Å². The number of fused-ring (bicyclic) bond motifs is 1. The van der Waals surface area contributed by atoms with Gasteiger partial charge in [0, 0.05) is 11.7 Å². The molecule has 5 heteroatoms. The van der Waals surface area contributed by atoms with Crippen LogP contribution in [0.5, 0.6) is 0 Å². The molecule has 0 amide bonds. The van der Waals surface area contributed by atoms with Crippen LogP contribution in [0.2, 0.25) is 0 Å². The summed E-state index contributed by atoms with van der Waals surface area (Å²) in [5.41, 5.74) is 8.47. The molecular weight excluding hydrogens is 232 g/mol. The molecular formula is C12H16N4S. The van der Waals surface area contributed by atoms with Gasteiger partial charge in [-0.1, -0.05) is 0 Å². The maximum absolute atomic E-state index is 5.75. The molecule has 1 aromatic carbocycles. The Kier molecular flexibility index (Phi) is 2.84. The average molecular weight is 248 g/mol. The zero-order chi connectivity index (χ0) is 11.7. The molecule has 17 heavy (non-hydrogen) atoms. The molecule has 4 nitrogen and oxygen atoms in total. The molecule has 0 spiro atoms. The summed E-state index contributed by atoms with van der Waals surface area (Å²) in [6.07, 6.45) is 2.42. The summed E-state index contributed by atoms with van der Waals surface area (Å²) in [6.45, 7) is 0. The van der Waals surface area contributed by atoms with Gasteiger partial charge in [-0.15, -0.1) is 0 Å². The van der Waals surface area contributed by atoms with E-state index >= 15 is 0 Å². The second-order valence-electron chi connectivity index (χ2n) is 4.39. The van der Waals surface area contributed by atoms with Crippen LogP contribution in [0, 0.1) is 0 Å². The molecule has 1 saturated heterocycles. The van der Waals surface area contributed by atoms with E-state index in [0.29, 0.717) is 6.04 Å². The molecule has 4 N–H and O–H groups in total. The maximum atomic E-state index is 5.75. The Balaban J connectivity index is 1.80. The van der Waals surface area contributed by atoms with Crippen molar-refractivity contribution in [2.75, 3.05) is 22.6 Å². The highest BCUT2D eigenvalue weighted by Crippen LogP contribution is 2.22. The number of nitrogens with zero attached hydrogens (tertiary/aromatic N) is 1. The zero-order valence-electron chi connectivity index (χ0n) is 9.57. The van der Waals surface area contributed by atoms with Crippen molar-refractivity contribution in [1.82, 2.24) is 9.97 Å². The standard InChI is InChI=1S/C12H16N4S/c13-8-1-2-10-11(7-8)16-12(15-10)14-9-3-5-17-6-4-9/h1-2,7,9H,3-6,13H2,(H2,14,15,16). The summed E-state index contributed by atoms with van der Waals surface area (Å²) in [6, 6.07) is 6.30. The van der Waals surface area contributed by atoms with Crippen molar-refractivity contribution in [3.8, 4) is 0 Å². The predicted molar refractivity (Wildman–Crippen MR) is 74.5 cm³/mol. The van der Waals surface area contributed by atoms with Gasteiger partial charge in [-0.25, -0.2) is 4.98 Å². The van der Waals surface area contributed by atoms with Crippen LogP contribution in [0.1, 0.15) is 12.8 Å². The molecule has 0 aliphatic carbocycles. The number of aromatic nitrogens is 2. The minimum absolute atomic E-state index is 0.550. The number of H-pyrrole nitrogens is 1. The van der Waals surface area contributed by atoms with Crippen molar-refractivity contribution >= 4 is 34.4 Å². The van der Waals surface area contributed by atoms with Gasteiger partial charge in [0.15, 0.2) is 0 Å². The fourth-order valence-corrected chi connectivity index (χ4v) is 3.24. The van der Waals surface area contributed by atoms with Crippen LogP contribution >= 0.6 is 11.8 Å². The average Bonchev–Trinajstić information content (AvgIpc) is 2.71. The van der Waals surface area contributed by atoms with E-state index in [-0.39, 0.29) is 0 Å². The summed E-state index contributed by atoms with van der Waals surface area (Å²) < 4.78 is 0. The van der Waals surface area contributed by atoms with Crippen LogP contribution in [0.3, 0.4) is 0 Å². The molecule has 3 rings (SSSR count). The highest BCUT2D eigenvalue weighted by atomic mass is 32.2. The number of aromatic amines is 1. The molecule has 0 radical (unpaired) electrons. The van der Waals surface area contributed by atoms with E-state index in [9.17, 15) is 0 Å². The van der Waals surface area contributed by atoms with Crippen molar-refractivity contribution in [2.45, 2.75) is 18.9 Å². The molecule has 0 unspecified atom stereocenters. The summed E-state index contributed by atoms with van der Waals surface area (Å²) in [4.78, 5) is 7.79. The predicted octanol–water partition coefficient (Wildman–Crippen LogP) is 2.45. The third kappa shape index (κ3) is 2.34. The van der Waals surface area contributed by atoms with Gasteiger partial charge in [-0.05, 0) is 42.5 Å². The molecule has 1 aromatic heterocycles. The molecule has 90 valence electrons. The minimum atomic E-state index is 0.550. The third-order valence-corrected chi connectivity index (χ3v) is 4.12. The van der Waals surface area contributed by atoms with Gasteiger partial charge in [0.25, 0.3) is 0 Å². The summed E-state index contributed by atoms with van der Waals surface area (Å²) in [5.74, 6) is 3.35. The number of hydrogen-bond donors (Lipinski definition) is 3. The molecule has 2 aromatic rings. The third-order valence-electron chi connectivity index (χ3n) is 3.07. The number of nitrogen functional groups attached to an aromatic ring is 1. The molecule has 1 fully saturated rings. The highest BCUT2D eigenvalue weighted by molar-refractivity contribution is 7.99. The van der Waals surface area contributed by atoms with Gasteiger partial charge in [-0.2, -0.15) is 11.8 Å². The smallest absolute Gasteiger partial charge is 0.201 e. The Labute approximate surface area is 104 Å². The number of nitrogens with two attached hydrogens (primary N) is 1. The highest BCUT2D eigenvalue weighted by Gasteiger charge is 2.14. The minimum Gasteiger partial charge on any atom is -0.399 e. The van der Waals surface area contributed by atoms with E-state index in [1.165, 1.54) is 24.3 Å². The van der Waals surface area contributed by atoms with E-state index in [0.717, 1.165) is 22.7 Å². The lowest BCUT2D eigenvalue weighted by molar-refractivity contribution is 0.662. The van der Waals surface area contributed by atoms with Gasteiger partial charge in [-0.3, -0.25) is 0 Å². The molecule has 1 aliphatic rings. The molecule has 0 saturated carbocycles. The number of benzene rings is 1. The summed E-state index contributed by atoms with van der Waals surface area (Å²) in [7, 11) is 0. The first-order chi connectivity index (χ1) is 8.31. The van der Waals surface area contributed by atoms with Crippen LogP contribution in [-0.4, -0.2) is 27.5 Å². The Morgan fingerprint density at radius 3 is 3.00 bits per heavy atom. The van der Waals surface area contributed by atoms with Gasteiger partial charge in [0.05, 0.1) is 11.0 Å². The Hall–Kier alpha value is -1.36. The number of rotatable bonds is 2. The lowest BCUT2D eigenvalue weighted by atomic mass is 10.2. The second-order valence-corrected chi connectivity index (χ2v) is 5.62. The van der Waals surface area contributed by atoms with Gasteiger partial charge < -0.3 is 16.0 Å². The van der Waals surface area contributed by atoms with Gasteiger partial charge >= 0.3 is 0 Å². The first kappa shape index (κ1) is 10.8. The summed E-state index contributed by atoms with van der Waals surface area (Å²) >= 11 is 2.03. The van der Waals surface area contributed by atoms with Gasteiger partial charge in [0.1, 0.15) is 0 Å². The van der Waals surface area contributed by atoms with Crippen molar-refractivity contribution in [3.05, 3.63) is 18.2 Å². The van der Waals surface area contributed by atoms with Crippen LogP contribution in [0.15, 0.2) is 18.2 Å². The fraction of sp³-hybridized carbons (Fsp3) is 0.417. The maximum Gasteiger partial charge on any atom is 0.201 e. The lowest BCUT2D eigenvalue weighted by Crippen LogP contribution is -2.24. The van der Waals surface area contributed by atoms with E-state index in [4.69, 9.17) is 5.73 Å². The zero-order valence-corrected chi connectivity index (χ0v) is 10.4. The molecule has 0 atom stereocenters. The quantitative estimate of drug-likeness (QED) is 0.714. The number of anilines is 2. The lowest BCUT2D eigenvalue weighted by Gasteiger charge is -2.21. The van der Waals surface area contributed by atoms with E-state index in [1.54, 1.807) is 0 Å². The van der Waals surface area contributed by atoms with E-state index in [1.807, 2.05) is 30.0 Å². The first-order valence-corrected chi connectivity index (χ1v) is 7.06. The number of imidazole rings is 1. The number of nitrogens with one attached hydrogen (secondary N) is 2. The largest absolute Gasteiger partial charge is 0.399 e. The number of hydrogen-bond acceptors (Lipinski definition) is 4. The van der Waals surface area contributed by atoms with Crippen molar-refractivity contribution in [2.24, 2.45) is 0 Å². The first-order valence-electron chi connectivity index (χ1n) is 5.91. The monoisotopic (exact) mass is 248 g/mol. The van der Waals surface area contributed by atoms with E-state index < -0.39 is 0 Å². The second kappa shape index (κ2) is 4.49. The molecule has 2 heterocycles. The Morgan fingerprint density at radius 2 is 2.18 bits per heavy atom. The molecule has 0 bridgehead atoms.